The van der Waals surface area contributed by atoms with E-state index in [1.807, 2.05) is 0 Å². The molecule has 0 spiro atoms. The van der Waals surface area contributed by atoms with Crippen LogP contribution in [0.15, 0.2) is 41.6 Å². The molecule has 0 atom stereocenters. The van der Waals surface area contributed by atoms with E-state index in [4.69, 9.17) is 23.8 Å². The zero-order valence-corrected chi connectivity index (χ0v) is 15.6. The summed E-state index contributed by atoms with van der Waals surface area (Å²) >= 11 is 0. The predicted octanol–water partition coefficient (Wildman–Crippen LogP) is 2.71. The van der Waals surface area contributed by atoms with Crippen molar-refractivity contribution in [3.8, 4) is 23.0 Å². The van der Waals surface area contributed by atoms with E-state index in [0.29, 0.717) is 28.7 Å². The van der Waals surface area contributed by atoms with Crippen molar-refractivity contribution in [1.82, 2.24) is 0 Å². The van der Waals surface area contributed by atoms with Crippen molar-refractivity contribution in [1.29, 1.82) is 0 Å². The van der Waals surface area contributed by atoms with Gasteiger partial charge < -0.3 is 29.1 Å². The fourth-order valence-electron chi connectivity index (χ4n) is 2.23. The molecule has 0 unspecified atom stereocenters. The molecule has 1 N–H and O–H groups in total. The van der Waals surface area contributed by atoms with E-state index in [1.165, 1.54) is 13.3 Å². The first kappa shape index (κ1) is 19.9. The van der Waals surface area contributed by atoms with Gasteiger partial charge in [0.25, 0.3) is 5.91 Å². The zero-order valence-electron chi connectivity index (χ0n) is 15.6. The number of benzene rings is 2. The van der Waals surface area contributed by atoms with Crippen LogP contribution in [0.1, 0.15) is 5.56 Å². The van der Waals surface area contributed by atoms with Crippen molar-refractivity contribution in [3.63, 3.8) is 0 Å². The Bertz CT molecular complexity index is 807. The number of ether oxygens (including phenoxy) is 4. The van der Waals surface area contributed by atoms with Crippen LogP contribution in [0.4, 0.5) is 5.69 Å². The van der Waals surface area contributed by atoms with Gasteiger partial charge in [-0.1, -0.05) is 5.16 Å². The summed E-state index contributed by atoms with van der Waals surface area (Å²) in [6.45, 7) is -0.260. The first-order chi connectivity index (χ1) is 13.1. The number of methoxy groups -OCH3 is 4. The van der Waals surface area contributed by atoms with Crippen LogP contribution in [-0.2, 0) is 9.63 Å². The van der Waals surface area contributed by atoms with Gasteiger partial charge in [-0.15, -0.1) is 0 Å². The van der Waals surface area contributed by atoms with Crippen molar-refractivity contribution >= 4 is 17.8 Å². The van der Waals surface area contributed by atoms with Crippen LogP contribution < -0.4 is 24.3 Å². The summed E-state index contributed by atoms with van der Waals surface area (Å²) in [5.41, 5.74) is 1.22. The van der Waals surface area contributed by atoms with E-state index in [1.54, 1.807) is 57.7 Å². The summed E-state index contributed by atoms with van der Waals surface area (Å²) in [6.07, 6.45) is 1.47. The van der Waals surface area contributed by atoms with Gasteiger partial charge in [0.15, 0.2) is 18.1 Å². The van der Waals surface area contributed by atoms with Crippen LogP contribution in [0.25, 0.3) is 0 Å². The number of anilines is 1. The molecule has 2 aromatic carbocycles. The maximum atomic E-state index is 12.0. The highest BCUT2D eigenvalue weighted by molar-refractivity contribution is 5.93. The van der Waals surface area contributed by atoms with Gasteiger partial charge >= 0.3 is 0 Å². The molecule has 0 fully saturated rings. The Kier molecular flexibility index (Phi) is 7.30. The van der Waals surface area contributed by atoms with E-state index in [9.17, 15) is 4.79 Å². The largest absolute Gasteiger partial charge is 0.497 e. The quantitative estimate of drug-likeness (QED) is 0.536. The molecule has 2 aromatic rings. The van der Waals surface area contributed by atoms with Crippen molar-refractivity contribution in [3.05, 3.63) is 42.0 Å². The molecule has 8 heteroatoms. The smallest absolute Gasteiger partial charge is 0.265 e. The van der Waals surface area contributed by atoms with E-state index in [-0.39, 0.29) is 12.5 Å². The molecule has 1 amide bonds. The van der Waals surface area contributed by atoms with E-state index >= 15 is 0 Å². The molecule has 0 aliphatic carbocycles. The number of nitrogens with one attached hydrogen (secondary N) is 1. The number of carbonyl (C=O) groups excluding carboxylic acids is 1. The van der Waals surface area contributed by atoms with Gasteiger partial charge in [-0.2, -0.15) is 0 Å². The second-order valence-corrected chi connectivity index (χ2v) is 5.24. The molecule has 2 rings (SSSR count). The SMILES string of the molecule is COc1ccc(OC)c(NC(=O)CO/N=C\c2ccc(OC)c(OC)c2)c1. The molecule has 144 valence electrons. The lowest BCUT2D eigenvalue weighted by Gasteiger charge is -2.11. The van der Waals surface area contributed by atoms with Crippen LogP contribution in [-0.4, -0.2) is 47.2 Å². The zero-order chi connectivity index (χ0) is 19.6. The topological polar surface area (TPSA) is 87.6 Å². The lowest BCUT2D eigenvalue weighted by molar-refractivity contribution is -0.120. The normalized spacial score (nSPS) is 10.4. The van der Waals surface area contributed by atoms with Gasteiger partial charge in [-0.05, 0) is 30.3 Å². The maximum Gasteiger partial charge on any atom is 0.265 e. The number of amides is 1. The first-order valence-electron chi connectivity index (χ1n) is 8.00. The second-order valence-electron chi connectivity index (χ2n) is 5.24. The lowest BCUT2D eigenvalue weighted by Crippen LogP contribution is -2.17. The Balaban J connectivity index is 1.92. The molecule has 0 saturated heterocycles. The fourth-order valence-corrected chi connectivity index (χ4v) is 2.23. The number of hydrogen-bond acceptors (Lipinski definition) is 7. The van der Waals surface area contributed by atoms with Gasteiger partial charge in [0.05, 0.1) is 40.3 Å². The minimum Gasteiger partial charge on any atom is -0.497 e. The Morgan fingerprint density at radius 3 is 2.30 bits per heavy atom. The first-order valence-corrected chi connectivity index (χ1v) is 8.00. The average molecular weight is 374 g/mol. The van der Waals surface area contributed by atoms with Gasteiger partial charge in [-0.3, -0.25) is 4.79 Å². The third kappa shape index (κ3) is 5.53. The molecule has 0 heterocycles. The maximum absolute atomic E-state index is 12.0. The molecule has 0 aliphatic rings. The number of nitrogens with zero attached hydrogens (tertiary/aromatic N) is 1. The van der Waals surface area contributed by atoms with Crippen molar-refractivity contribution in [2.45, 2.75) is 0 Å². The van der Waals surface area contributed by atoms with Gasteiger partial charge in [0.1, 0.15) is 11.5 Å². The van der Waals surface area contributed by atoms with E-state index in [2.05, 4.69) is 10.5 Å². The molecular formula is C19H22N2O6. The van der Waals surface area contributed by atoms with Crippen molar-refractivity contribution in [2.75, 3.05) is 40.4 Å². The van der Waals surface area contributed by atoms with Crippen LogP contribution in [0, 0.1) is 0 Å². The summed E-state index contributed by atoms with van der Waals surface area (Å²) in [4.78, 5) is 17.1. The van der Waals surface area contributed by atoms with Gasteiger partial charge in [0.2, 0.25) is 0 Å². The third-order valence-electron chi connectivity index (χ3n) is 3.56. The summed E-state index contributed by atoms with van der Waals surface area (Å²) in [7, 11) is 6.16. The summed E-state index contributed by atoms with van der Waals surface area (Å²) < 4.78 is 20.7. The molecule has 27 heavy (non-hydrogen) atoms. The Hall–Kier alpha value is -3.42. The molecule has 0 radical (unpaired) electrons. The van der Waals surface area contributed by atoms with Gasteiger partial charge in [0, 0.05) is 11.6 Å². The van der Waals surface area contributed by atoms with Crippen LogP contribution in [0.2, 0.25) is 0 Å². The predicted molar refractivity (Wildman–Crippen MR) is 101 cm³/mol. The fraction of sp³-hybridized carbons (Fsp3) is 0.263. The van der Waals surface area contributed by atoms with E-state index < -0.39 is 0 Å². The van der Waals surface area contributed by atoms with E-state index in [0.717, 1.165) is 5.56 Å². The second kappa shape index (κ2) is 9.91. The molecule has 0 saturated carbocycles. The Labute approximate surface area is 157 Å². The Morgan fingerprint density at radius 1 is 0.926 bits per heavy atom. The number of carbonyl (C=O) groups is 1. The van der Waals surface area contributed by atoms with Crippen LogP contribution >= 0.6 is 0 Å². The standard InChI is InChI=1S/C19H22N2O6/c1-23-14-6-8-16(24-2)15(10-14)21-19(22)12-27-20-11-13-5-7-17(25-3)18(9-13)26-4/h5-11H,12H2,1-4H3,(H,21,22)/b20-11-. The third-order valence-corrected chi connectivity index (χ3v) is 3.56. The number of hydrogen-bond donors (Lipinski definition) is 1. The highest BCUT2D eigenvalue weighted by Crippen LogP contribution is 2.29. The average Bonchev–Trinajstić information content (AvgIpc) is 2.70. The molecule has 0 aliphatic heterocycles. The van der Waals surface area contributed by atoms with Crippen LogP contribution in [0.3, 0.4) is 0 Å². The monoisotopic (exact) mass is 374 g/mol. The van der Waals surface area contributed by atoms with Crippen molar-refractivity contribution < 1.29 is 28.6 Å². The Morgan fingerprint density at radius 2 is 1.63 bits per heavy atom. The highest BCUT2D eigenvalue weighted by Gasteiger charge is 2.09. The van der Waals surface area contributed by atoms with Crippen LogP contribution in [0.5, 0.6) is 23.0 Å². The number of oxime groups is 1. The molecule has 0 bridgehead atoms. The number of rotatable bonds is 9. The highest BCUT2D eigenvalue weighted by atomic mass is 16.6. The molecular weight excluding hydrogens is 352 g/mol. The molecule has 8 nitrogen and oxygen atoms in total. The summed E-state index contributed by atoms with van der Waals surface area (Å²) in [5.74, 6) is 1.91. The summed E-state index contributed by atoms with van der Waals surface area (Å²) in [6, 6.07) is 10.4. The minimum atomic E-state index is -0.383. The van der Waals surface area contributed by atoms with Gasteiger partial charge in [-0.25, -0.2) is 0 Å². The minimum absolute atomic E-state index is 0.260. The molecule has 0 aromatic heterocycles. The lowest BCUT2D eigenvalue weighted by atomic mass is 10.2. The van der Waals surface area contributed by atoms with Crippen molar-refractivity contribution in [2.24, 2.45) is 5.16 Å². The summed E-state index contributed by atoms with van der Waals surface area (Å²) in [5, 5.41) is 6.48.